The fourth-order valence-corrected chi connectivity index (χ4v) is 2.84. The minimum absolute atomic E-state index is 0.213. The van der Waals surface area contributed by atoms with Gasteiger partial charge < -0.3 is 4.90 Å². The Morgan fingerprint density at radius 3 is 2.12 bits per heavy atom. The Balaban J connectivity index is 2.34. The Hall–Kier alpha value is -0.170. The highest BCUT2D eigenvalue weighted by Crippen LogP contribution is 2.07. The zero-order valence-electron chi connectivity index (χ0n) is 10.5. The molecule has 0 aliphatic carbocycles. The number of rotatable bonds is 5. The minimum Gasteiger partial charge on any atom is -0.308 e. The molecule has 0 aromatic carbocycles. The summed E-state index contributed by atoms with van der Waals surface area (Å²) in [6, 6.07) is 0. The van der Waals surface area contributed by atoms with Crippen LogP contribution in [0, 0.1) is 0 Å². The van der Waals surface area contributed by atoms with Gasteiger partial charge in [-0.2, -0.15) is 4.31 Å². The lowest BCUT2D eigenvalue weighted by Crippen LogP contribution is -2.50. The smallest absolute Gasteiger partial charge is 0.213 e. The highest BCUT2D eigenvalue weighted by atomic mass is 32.2. The van der Waals surface area contributed by atoms with Gasteiger partial charge in [0.1, 0.15) is 0 Å². The van der Waals surface area contributed by atoms with Crippen molar-refractivity contribution in [1.29, 1.82) is 0 Å². The minimum atomic E-state index is -2.98. The molecule has 16 heavy (non-hydrogen) atoms. The van der Waals surface area contributed by atoms with Crippen molar-refractivity contribution in [2.45, 2.75) is 6.92 Å². The van der Waals surface area contributed by atoms with Gasteiger partial charge >= 0.3 is 0 Å². The predicted molar refractivity (Wildman–Crippen MR) is 66.0 cm³/mol. The van der Waals surface area contributed by atoms with Crippen LogP contribution in [0.2, 0.25) is 0 Å². The van der Waals surface area contributed by atoms with Gasteiger partial charge in [-0.1, -0.05) is 0 Å². The third-order valence-corrected chi connectivity index (χ3v) is 4.83. The number of piperazine rings is 1. The molecule has 0 amide bonds. The van der Waals surface area contributed by atoms with Gasteiger partial charge in [-0.25, -0.2) is 8.42 Å². The highest BCUT2D eigenvalue weighted by Gasteiger charge is 2.24. The first-order chi connectivity index (χ1) is 7.45. The number of hydrogen-bond donors (Lipinski definition) is 0. The maximum absolute atomic E-state index is 11.6. The van der Waals surface area contributed by atoms with E-state index in [-0.39, 0.29) is 5.75 Å². The molecule has 0 radical (unpaired) electrons. The van der Waals surface area contributed by atoms with Crippen molar-refractivity contribution in [2.24, 2.45) is 0 Å². The largest absolute Gasteiger partial charge is 0.308 e. The van der Waals surface area contributed by atoms with Crippen LogP contribution in [0.15, 0.2) is 0 Å². The zero-order valence-corrected chi connectivity index (χ0v) is 11.3. The van der Waals surface area contributed by atoms with Crippen molar-refractivity contribution in [3.05, 3.63) is 0 Å². The van der Waals surface area contributed by atoms with Gasteiger partial charge in [0.15, 0.2) is 0 Å². The number of likely N-dealkylation sites (N-methyl/N-ethyl adjacent to an activating group) is 1. The van der Waals surface area contributed by atoms with Gasteiger partial charge in [0.25, 0.3) is 0 Å². The SMILES string of the molecule is CCS(=O)(=O)N1CCN(CCN(C)C)CC1. The van der Waals surface area contributed by atoms with Crippen molar-refractivity contribution in [1.82, 2.24) is 14.1 Å². The molecule has 0 atom stereocenters. The predicted octanol–water partition coefficient (Wildman–Crippen LogP) is -0.485. The van der Waals surface area contributed by atoms with E-state index in [0.29, 0.717) is 13.1 Å². The van der Waals surface area contributed by atoms with E-state index in [1.165, 1.54) is 0 Å². The van der Waals surface area contributed by atoms with Crippen molar-refractivity contribution in [2.75, 3.05) is 59.1 Å². The van der Waals surface area contributed by atoms with Gasteiger partial charge in [-0.15, -0.1) is 0 Å². The average Bonchev–Trinajstić information content (AvgIpc) is 2.27. The first kappa shape index (κ1) is 13.9. The Morgan fingerprint density at radius 2 is 1.69 bits per heavy atom. The standard InChI is InChI=1S/C10H23N3O2S/c1-4-16(14,15)13-9-7-12(8-10-13)6-5-11(2)3/h4-10H2,1-3H3. The lowest BCUT2D eigenvalue weighted by Gasteiger charge is -2.34. The van der Waals surface area contributed by atoms with Crippen molar-refractivity contribution >= 4 is 10.0 Å². The topological polar surface area (TPSA) is 43.9 Å². The molecule has 1 aliphatic rings. The van der Waals surface area contributed by atoms with E-state index in [1.54, 1.807) is 11.2 Å². The zero-order chi connectivity index (χ0) is 12.2. The van der Waals surface area contributed by atoms with Crippen LogP contribution in [0.4, 0.5) is 0 Å². The lowest BCUT2D eigenvalue weighted by molar-refractivity contribution is 0.175. The number of sulfonamides is 1. The number of nitrogens with zero attached hydrogens (tertiary/aromatic N) is 3. The molecule has 1 aliphatic heterocycles. The monoisotopic (exact) mass is 249 g/mol. The molecular weight excluding hydrogens is 226 g/mol. The van der Waals surface area contributed by atoms with Crippen LogP contribution in [0.5, 0.6) is 0 Å². The van der Waals surface area contributed by atoms with Crippen LogP contribution in [-0.4, -0.2) is 81.6 Å². The Bertz CT molecular complexity index is 295. The molecule has 1 rings (SSSR count). The van der Waals surface area contributed by atoms with Crippen molar-refractivity contribution in [3.8, 4) is 0 Å². The summed E-state index contributed by atoms with van der Waals surface area (Å²) in [5.41, 5.74) is 0. The molecule has 0 bridgehead atoms. The summed E-state index contributed by atoms with van der Waals surface area (Å²) in [4.78, 5) is 4.47. The lowest BCUT2D eigenvalue weighted by atomic mass is 10.3. The molecule has 0 aromatic rings. The van der Waals surface area contributed by atoms with Gasteiger partial charge in [-0.3, -0.25) is 4.90 Å². The molecule has 0 unspecified atom stereocenters. The second kappa shape index (κ2) is 5.95. The van der Waals surface area contributed by atoms with Gasteiger partial charge in [0.05, 0.1) is 5.75 Å². The van der Waals surface area contributed by atoms with Crippen molar-refractivity contribution < 1.29 is 8.42 Å². The molecular formula is C10H23N3O2S. The van der Waals surface area contributed by atoms with Gasteiger partial charge in [0, 0.05) is 39.3 Å². The van der Waals surface area contributed by atoms with E-state index >= 15 is 0 Å². The van der Waals surface area contributed by atoms with Crippen LogP contribution in [0.3, 0.4) is 0 Å². The summed E-state index contributed by atoms with van der Waals surface area (Å²) in [6.07, 6.45) is 0. The third-order valence-electron chi connectivity index (χ3n) is 2.95. The Labute approximate surface area is 99.1 Å². The second-order valence-corrected chi connectivity index (χ2v) is 6.70. The summed E-state index contributed by atoms with van der Waals surface area (Å²) in [6.45, 7) is 6.74. The molecule has 6 heteroatoms. The molecule has 1 saturated heterocycles. The molecule has 1 fully saturated rings. The van der Waals surface area contributed by atoms with E-state index in [1.807, 2.05) is 0 Å². The molecule has 1 heterocycles. The fraction of sp³-hybridized carbons (Fsp3) is 1.00. The van der Waals surface area contributed by atoms with Crippen LogP contribution in [0.1, 0.15) is 6.92 Å². The average molecular weight is 249 g/mol. The van der Waals surface area contributed by atoms with Crippen molar-refractivity contribution in [3.63, 3.8) is 0 Å². The van der Waals surface area contributed by atoms with E-state index in [0.717, 1.165) is 26.2 Å². The van der Waals surface area contributed by atoms with E-state index in [9.17, 15) is 8.42 Å². The first-order valence-electron chi connectivity index (χ1n) is 5.80. The summed E-state index contributed by atoms with van der Waals surface area (Å²) < 4.78 is 24.9. The second-order valence-electron chi connectivity index (χ2n) is 4.44. The molecule has 96 valence electrons. The third kappa shape index (κ3) is 4.01. The Morgan fingerprint density at radius 1 is 1.12 bits per heavy atom. The van der Waals surface area contributed by atoms with Crippen LogP contribution in [0.25, 0.3) is 0 Å². The summed E-state index contributed by atoms with van der Waals surface area (Å²) >= 11 is 0. The quantitative estimate of drug-likeness (QED) is 0.660. The summed E-state index contributed by atoms with van der Waals surface area (Å²) in [7, 11) is 1.13. The normalized spacial score (nSPS) is 20.5. The summed E-state index contributed by atoms with van der Waals surface area (Å²) in [5, 5.41) is 0. The molecule has 0 spiro atoms. The fourth-order valence-electron chi connectivity index (χ4n) is 1.76. The Kier molecular flexibility index (Phi) is 5.17. The van der Waals surface area contributed by atoms with E-state index < -0.39 is 10.0 Å². The van der Waals surface area contributed by atoms with Crippen LogP contribution < -0.4 is 0 Å². The van der Waals surface area contributed by atoms with E-state index in [2.05, 4.69) is 23.9 Å². The maximum atomic E-state index is 11.6. The molecule has 5 nitrogen and oxygen atoms in total. The highest BCUT2D eigenvalue weighted by molar-refractivity contribution is 7.89. The molecule has 0 saturated carbocycles. The molecule has 0 aromatic heterocycles. The number of hydrogen-bond acceptors (Lipinski definition) is 4. The maximum Gasteiger partial charge on any atom is 0.213 e. The van der Waals surface area contributed by atoms with Gasteiger partial charge in [0.2, 0.25) is 10.0 Å². The van der Waals surface area contributed by atoms with E-state index in [4.69, 9.17) is 0 Å². The van der Waals surface area contributed by atoms with Crippen LogP contribution >= 0.6 is 0 Å². The first-order valence-corrected chi connectivity index (χ1v) is 7.41. The molecule has 0 N–H and O–H groups in total. The van der Waals surface area contributed by atoms with Gasteiger partial charge in [-0.05, 0) is 21.0 Å². The summed E-state index contributed by atoms with van der Waals surface area (Å²) in [5.74, 6) is 0.213. The van der Waals surface area contributed by atoms with Crippen LogP contribution in [-0.2, 0) is 10.0 Å².